The van der Waals surface area contributed by atoms with Crippen LogP contribution in [-0.4, -0.2) is 6.54 Å². The van der Waals surface area contributed by atoms with Crippen molar-refractivity contribution in [3.8, 4) is 0 Å². The van der Waals surface area contributed by atoms with E-state index in [0.717, 1.165) is 18.5 Å². The first-order valence-corrected chi connectivity index (χ1v) is 8.21. The van der Waals surface area contributed by atoms with E-state index in [0.29, 0.717) is 15.1 Å². The maximum absolute atomic E-state index is 14.5. The van der Waals surface area contributed by atoms with Gasteiger partial charge in [0.05, 0.1) is 11.1 Å². The van der Waals surface area contributed by atoms with Crippen LogP contribution in [0.4, 0.5) is 4.39 Å². The summed E-state index contributed by atoms with van der Waals surface area (Å²) in [5.41, 5.74) is 1.42. The second kappa shape index (κ2) is 7.59. The van der Waals surface area contributed by atoms with Crippen LogP contribution in [0.2, 0.25) is 10.0 Å². The Balaban J connectivity index is 2.48. The minimum atomic E-state index is -0.417. The monoisotopic (exact) mass is 389 g/mol. The van der Waals surface area contributed by atoms with E-state index in [2.05, 4.69) is 28.2 Å². The summed E-state index contributed by atoms with van der Waals surface area (Å²) in [6, 6.07) is 10.6. The van der Waals surface area contributed by atoms with Crippen LogP contribution in [-0.2, 0) is 0 Å². The fourth-order valence-electron chi connectivity index (χ4n) is 2.15. The Hall–Kier alpha value is -0.610. The van der Waals surface area contributed by atoms with Crippen molar-refractivity contribution in [2.24, 2.45) is 0 Å². The molecule has 2 aromatic carbocycles. The number of hydrogen-bond acceptors (Lipinski definition) is 1. The number of halogens is 4. The first kappa shape index (κ1) is 16.8. The van der Waals surface area contributed by atoms with Gasteiger partial charge in [-0.1, -0.05) is 48.3 Å². The zero-order valence-electron chi connectivity index (χ0n) is 11.5. The van der Waals surface area contributed by atoms with Gasteiger partial charge < -0.3 is 5.32 Å². The highest BCUT2D eigenvalue weighted by atomic mass is 79.9. The number of rotatable bonds is 5. The molecule has 0 amide bonds. The molecule has 1 N–H and O–H groups in total. The van der Waals surface area contributed by atoms with Gasteiger partial charge in [-0.3, -0.25) is 0 Å². The topological polar surface area (TPSA) is 12.0 Å². The van der Waals surface area contributed by atoms with Crippen molar-refractivity contribution in [3.05, 3.63) is 67.9 Å². The molecule has 2 rings (SSSR count). The molecule has 0 heterocycles. The molecular formula is C16H15BrCl2FN. The summed E-state index contributed by atoms with van der Waals surface area (Å²) in [7, 11) is 0. The number of hydrogen-bond donors (Lipinski definition) is 1. The van der Waals surface area contributed by atoms with Crippen molar-refractivity contribution < 1.29 is 4.39 Å². The fourth-order valence-corrected chi connectivity index (χ4v) is 2.82. The van der Waals surface area contributed by atoms with Gasteiger partial charge in [-0.15, -0.1) is 0 Å². The fraction of sp³-hybridized carbons (Fsp3) is 0.250. The molecule has 0 saturated heterocycles. The molecule has 2 aromatic rings. The average Bonchev–Trinajstić information content (AvgIpc) is 2.47. The third-order valence-corrected chi connectivity index (χ3v) is 4.65. The lowest BCUT2D eigenvalue weighted by Gasteiger charge is -2.21. The van der Waals surface area contributed by atoms with Crippen LogP contribution in [0.25, 0.3) is 0 Å². The van der Waals surface area contributed by atoms with E-state index in [4.69, 9.17) is 23.2 Å². The third-order valence-electron chi connectivity index (χ3n) is 3.16. The van der Waals surface area contributed by atoms with Crippen molar-refractivity contribution in [1.29, 1.82) is 0 Å². The summed E-state index contributed by atoms with van der Waals surface area (Å²) in [6.07, 6.45) is 0.947. The van der Waals surface area contributed by atoms with Gasteiger partial charge in [-0.2, -0.15) is 0 Å². The van der Waals surface area contributed by atoms with Gasteiger partial charge in [0.25, 0.3) is 0 Å². The van der Waals surface area contributed by atoms with Crippen LogP contribution >= 0.6 is 39.1 Å². The number of nitrogens with one attached hydrogen (secondary N) is 1. The molecule has 5 heteroatoms. The molecule has 1 atom stereocenters. The molecule has 0 aliphatic heterocycles. The van der Waals surface area contributed by atoms with E-state index in [1.54, 1.807) is 18.2 Å². The quantitative estimate of drug-likeness (QED) is 0.618. The van der Waals surface area contributed by atoms with Crippen LogP contribution in [0.15, 0.2) is 40.9 Å². The maximum Gasteiger partial charge on any atom is 0.148 e. The third kappa shape index (κ3) is 3.98. The van der Waals surface area contributed by atoms with Crippen molar-refractivity contribution >= 4 is 39.1 Å². The summed E-state index contributed by atoms with van der Waals surface area (Å²) in [4.78, 5) is 0. The minimum Gasteiger partial charge on any atom is -0.306 e. The smallest absolute Gasteiger partial charge is 0.148 e. The lowest BCUT2D eigenvalue weighted by molar-refractivity contribution is 0.546. The van der Waals surface area contributed by atoms with E-state index in [1.165, 1.54) is 0 Å². The Morgan fingerprint density at radius 1 is 1.24 bits per heavy atom. The second-order valence-electron chi connectivity index (χ2n) is 4.71. The van der Waals surface area contributed by atoms with Crippen LogP contribution in [0, 0.1) is 5.82 Å². The maximum atomic E-state index is 14.5. The molecule has 112 valence electrons. The molecule has 0 spiro atoms. The summed E-state index contributed by atoms with van der Waals surface area (Å²) in [5.74, 6) is -0.417. The minimum absolute atomic E-state index is 0.0952. The molecule has 21 heavy (non-hydrogen) atoms. The summed E-state index contributed by atoms with van der Waals surface area (Å²) in [6.45, 7) is 2.83. The van der Waals surface area contributed by atoms with Crippen molar-refractivity contribution in [1.82, 2.24) is 5.32 Å². The molecule has 0 aliphatic carbocycles. The predicted octanol–water partition coefficient (Wildman–Crippen LogP) is 5.98. The predicted molar refractivity (Wildman–Crippen MR) is 90.7 cm³/mol. The standard InChI is InChI=1S/C16H15BrCl2FN/c1-2-8-21-16(10-4-3-5-11(18)9-10)12-6-7-13(17)14(19)15(12)20/h3-7,9,16,21H,2,8H2,1H3. The molecule has 0 fully saturated rings. The van der Waals surface area contributed by atoms with E-state index in [9.17, 15) is 4.39 Å². The largest absolute Gasteiger partial charge is 0.306 e. The number of benzene rings is 2. The Labute approximate surface area is 142 Å². The van der Waals surface area contributed by atoms with Gasteiger partial charge >= 0.3 is 0 Å². The Morgan fingerprint density at radius 3 is 2.67 bits per heavy atom. The van der Waals surface area contributed by atoms with Gasteiger partial charge in [0, 0.05) is 15.1 Å². The van der Waals surface area contributed by atoms with Gasteiger partial charge in [0.15, 0.2) is 0 Å². The Morgan fingerprint density at radius 2 is 2.00 bits per heavy atom. The molecule has 0 aromatic heterocycles. The average molecular weight is 391 g/mol. The van der Waals surface area contributed by atoms with E-state index >= 15 is 0 Å². The lowest BCUT2D eigenvalue weighted by atomic mass is 9.98. The molecule has 0 bridgehead atoms. The van der Waals surface area contributed by atoms with Crippen LogP contribution in [0.3, 0.4) is 0 Å². The summed E-state index contributed by atoms with van der Waals surface area (Å²) < 4.78 is 15.0. The first-order chi connectivity index (χ1) is 10.0. The molecule has 0 saturated carbocycles. The van der Waals surface area contributed by atoms with Crippen molar-refractivity contribution in [2.45, 2.75) is 19.4 Å². The van der Waals surface area contributed by atoms with Crippen LogP contribution in [0.5, 0.6) is 0 Å². The van der Waals surface area contributed by atoms with Gasteiger partial charge in [-0.05, 0) is 52.7 Å². The Bertz CT molecular complexity index is 634. The first-order valence-electron chi connectivity index (χ1n) is 6.66. The lowest BCUT2D eigenvalue weighted by Crippen LogP contribution is -2.24. The van der Waals surface area contributed by atoms with Crippen molar-refractivity contribution in [2.75, 3.05) is 6.54 Å². The molecule has 0 radical (unpaired) electrons. The van der Waals surface area contributed by atoms with Crippen molar-refractivity contribution in [3.63, 3.8) is 0 Å². The van der Waals surface area contributed by atoms with E-state index in [-0.39, 0.29) is 11.1 Å². The SMILES string of the molecule is CCCNC(c1cccc(Cl)c1)c1ccc(Br)c(Cl)c1F. The summed E-state index contributed by atoms with van der Waals surface area (Å²) in [5, 5.41) is 4.06. The van der Waals surface area contributed by atoms with E-state index < -0.39 is 5.82 Å². The molecular weight excluding hydrogens is 376 g/mol. The highest BCUT2D eigenvalue weighted by Gasteiger charge is 2.20. The zero-order valence-corrected chi connectivity index (χ0v) is 14.6. The molecule has 1 unspecified atom stereocenters. The molecule has 1 nitrogen and oxygen atoms in total. The normalized spacial score (nSPS) is 12.4. The highest BCUT2D eigenvalue weighted by Crippen LogP contribution is 2.33. The molecule has 0 aliphatic rings. The highest BCUT2D eigenvalue weighted by molar-refractivity contribution is 9.10. The van der Waals surface area contributed by atoms with Gasteiger partial charge in [-0.25, -0.2) is 4.39 Å². The van der Waals surface area contributed by atoms with Crippen LogP contribution in [0.1, 0.15) is 30.5 Å². The van der Waals surface area contributed by atoms with Gasteiger partial charge in [0.1, 0.15) is 5.82 Å². The van der Waals surface area contributed by atoms with E-state index in [1.807, 2.05) is 18.2 Å². The van der Waals surface area contributed by atoms with Crippen LogP contribution < -0.4 is 5.32 Å². The second-order valence-corrected chi connectivity index (χ2v) is 6.38. The van der Waals surface area contributed by atoms with Gasteiger partial charge in [0.2, 0.25) is 0 Å². The Kier molecular flexibility index (Phi) is 6.06. The summed E-state index contributed by atoms with van der Waals surface area (Å²) >= 11 is 15.3. The zero-order chi connectivity index (χ0) is 15.4.